The van der Waals surface area contributed by atoms with Crippen molar-refractivity contribution in [3.8, 4) is 17.2 Å². The zero-order valence-corrected chi connectivity index (χ0v) is 28.1. The van der Waals surface area contributed by atoms with E-state index in [1.165, 1.54) is 12.1 Å². The second-order valence-corrected chi connectivity index (χ2v) is 15.7. The maximum atomic E-state index is 14.1. The summed E-state index contributed by atoms with van der Waals surface area (Å²) in [6.07, 6.45) is -0.359. The molecule has 4 aromatic rings. The molecule has 1 aliphatic heterocycles. The van der Waals surface area contributed by atoms with E-state index >= 15 is 0 Å². The third-order valence-electron chi connectivity index (χ3n) is 7.69. The Kier molecular flexibility index (Phi) is 9.87. The van der Waals surface area contributed by atoms with Gasteiger partial charge in [-0.2, -0.15) is 17.2 Å². The van der Waals surface area contributed by atoms with Crippen LogP contribution < -0.4 is 9.47 Å². The zero-order chi connectivity index (χ0) is 34.0. The van der Waals surface area contributed by atoms with Crippen molar-refractivity contribution < 1.29 is 40.7 Å². The molecule has 1 aliphatic rings. The molecule has 1 saturated heterocycles. The van der Waals surface area contributed by atoms with E-state index in [1.807, 2.05) is 79.7 Å². The van der Waals surface area contributed by atoms with Gasteiger partial charge < -0.3 is 18.9 Å². The highest BCUT2D eigenvalue weighted by Crippen LogP contribution is 2.39. The van der Waals surface area contributed by atoms with Crippen LogP contribution >= 0.6 is 0 Å². The Hall–Kier alpha value is -3.74. The monoisotopic (exact) mass is 683 g/mol. The molecule has 248 valence electrons. The molecule has 0 bridgehead atoms. The van der Waals surface area contributed by atoms with Crippen LogP contribution in [-0.4, -0.2) is 37.5 Å². The summed E-state index contributed by atoms with van der Waals surface area (Å²) in [5.74, 6) is 0.484. The number of hydrogen-bond acceptors (Lipinski definition) is 6. The fourth-order valence-electron chi connectivity index (χ4n) is 4.81. The molecule has 0 radical (unpaired) electrons. The molecular formula is C36H37F2O7S2+. The lowest BCUT2D eigenvalue weighted by molar-refractivity contribution is -0.298. The van der Waals surface area contributed by atoms with Crippen molar-refractivity contribution in [2.75, 3.05) is 13.2 Å². The van der Waals surface area contributed by atoms with Crippen molar-refractivity contribution in [3.63, 3.8) is 0 Å². The molecule has 0 aromatic heterocycles. The van der Waals surface area contributed by atoms with Gasteiger partial charge in [-0.15, -0.1) is 0 Å². The van der Waals surface area contributed by atoms with Gasteiger partial charge in [0.1, 0.15) is 17.2 Å². The van der Waals surface area contributed by atoms with Crippen LogP contribution in [0.25, 0.3) is 6.08 Å². The molecule has 1 heterocycles. The Bertz CT molecular complexity index is 1780. The number of ether oxygens (including phenoxy) is 4. The summed E-state index contributed by atoms with van der Waals surface area (Å²) in [6.45, 7) is 11.9. The van der Waals surface area contributed by atoms with Crippen LogP contribution in [0.2, 0.25) is 0 Å². The Balaban J connectivity index is 1.44. The Morgan fingerprint density at radius 1 is 0.809 bits per heavy atom. The molecule has 11 heteroatoms. The number of halogens is 2. The van der Waals surface area contributed by atoms with Gasteiger partial charge in [-0.3, -0.25) is 4.55 Å². The topological polar surface area (TPSA) is 91.3 Å². The summed E-state index contributed by atoms with van der Waals surface area (Å²) in [4.78, 5) is 2.79. The van der Waals surface area contributed by atoms with Crippen LogP contribution in [0.5, 0.6) is 17.2 Å². The summed E-state index contributed by atoms with van der Waals surface area (Å²) in [6, 6.07) is 29.8. The molecule has 7 nitrogen and oxygen atoms in total. The van der Waals surface area contributed by atoms with E-state index in [-0.39, 0.29) is 11.2 Å². The Morgan fingerprint density at radius 2 is 1.23 bits per heavy atom. The highest BCUT2D eigenvalue weighted by atomic mass is 32.2. The minimum Gasteiger partial charge on any atom is -0.483 e. The minimum atomic E-state index is -5.65. The molecule has 2 atom stereocenters. The van der Waals surface area contributed by atoms with Crippen molar-refractivity contribution in [2.45, 2.75) is 59.5 Å². The molecular weight excluding hydrogens is 647 g/mol. The zero-order valence-electron chi connectivity index (χ0n) is 26.5. The van der Waals surface area contributed by atoms with E-state index in [9.17, 15) is 17.2 Å². The maximum absolute atomic E-state index is 14.1. The minimum absolute atomic E-state index is 0.0251. The molecule has 1 fully saturated rings. The lowest BCUT2D eigenvalue weighted by Crippen LogP contribution is -2.43. The standard InChI is InChI=1S/C36H36F2O7S2/c1-6-26-7-11-29(12-8-26)45-30-15-21-33(22-16-30)46(31-17-9-27(10-18-31)35(5)42-23-34(3,4)24-43-35)32-19-13-28(14-20-32)44-25(2)36(37,38)47(39,40)41/h6-22,25H,1,23-24H2,2-5H3/p+1. The first-order valence-electron chi connectivity index (χ1n) is 14.8. The van der Waals surface area contributed by atoms with Gasteiger partial charge in [0.25, 0.3) is 0 Å². The highest BCUT2D eigenvalue weighted by Gasteiger charge is 2.51. The fraction of sp³-hybridized carbons (Fsp3) is 0.278. The average molecular weight is 684 g/mol. The van der Waals surface area contributed by atoms with E-state index in [0.717, 1.165) is 32.7 Å². The maximum Gasteiger partial charge on any atom is 0.405 e. The molecule has 0 spiro atoms. The third kappa shape index (κ3) is 7.88. The van der Waals surface area contributed by atoms with Crippen LogP contribution in [0.4, 0.5) is 8.78 Å². The largest absolute Gasteiger partial charge is 0.483 e. The smallest absolute Gasteiger partial charge is 0.405 e. The van der Waals surface area contributed by atoms with Crippen molar-refractivity contribution >= 4 is 27.1 Å². The van der Waals surface area contributed by atoms with E-state index in [1.54, 1.807) is 18.2 Å². The first-order chi connectivity index (χ1) is 22.1. The van der Waals surface area contributed by atoms with E-state index < -0.39 is 38.2 Å². The van der Waals surface area contributed by atoms with Crippen LogP contribution in [0.15, 0.2) is 118 Å². The molecule has 0 amide bonds. The van der Waals surface area contributed by atoms with Gasteiger partial charge in [0.15, 0.2) is 26.6 Å². The third-order valence-corrected chi connectivity index (χ3v) is 10.9. The molecule has 4 aromatic carbocycles. The highest BCUT2D eigenvalue weighted by molar-refractivity contribution is 7.97. The quantitative estimate of drug-likeness (QED) is 0.125. The van der Waals surface area contributed by atoms with Gasteiger partial charge in [-0.1, -0.05) is 38.6 Å². The van der Waals surface area contributed by atoms with Gasteiger partial charge in [0, 0.05) is 11.0 Å². The predicted octanol–water partition coefficient (Wildman–Crippen LogP) is 8.71. The van der Waals surface area contributed by atoms with Crippen LogP contribution in [0, 0.1) is 5.41 Å². The van der Waals surface area contributed by atoms with Gasteiger partial charge in [-0.25, -0.2) is 0 Å². The first kappa shape index (κ1) is 34.6. The molecule has 0 aliphatic carbocycles. The molecule has 47 heavy (non-hydrogen) atoms. The average Bonchev–Trinajstić information content (AvgIpc) is 3.04. The van der Waals surface area contributed by atoms with Gasteiger partial charge in [0.05, 0.1) is 24.1 Å². The second-order valence-electron chi connectivity index (χ2n) is 12.1. The lowest BCUT2D eigenvalue weighted by atomic mass is 9.94. The number of hydrogen-bond donors (Lipinski definition) is 1. The van der Waals surface area contributed by atoms with E-state index in [2.05, 4.69) is 20.4 Å². The van der Waals surface area contributed by atoms with Gasteiger partial charge in [-0.05, 0) is 104 Å². The van der Waals surface area contributed by atoms with Crippen molar-refractivity contribution in [1.82, 2.24) is 0 Å². The van der Waals surface area contributed by atoms with Crippen molar-refractivity contribution in [1.29, 1.82) is 0 Å². The van der Waals surface area contributed by atoms with E-state index in [0.29, 0.717) is 24.7 Å². The molecule has 0 saturated carbocycles. The first-order valence-corrected chi connectivity index (χ1v) is 17.5. The van der Waals surface area contributed by atoms with Gasteiger partial charge in [0.2, 0.25) is 0 Å². The summed E-state index contributed by atoms with van der Waals surface area (Å²) >= 11 is 0. The van der Waals surface area contributed by atoms with Gasteiger partial charge >= 0.3 is 15.4 Å². The van der Waals surface area contributed by atoms with E-state index in [4.69, 9.17) is 23.5 Å². The SMILES string of the molecule is C=Cc1ccc(Oc2ccc([S+](c3ccc(OC(C)C(F)(F)S(=O)(=O)O)cc3)c3ccc(C4(C)OCC(C)(C)CO4)cc3)cc2)cc1. The summed E-state index contributed by atoms with van der Waals surface area (Å²) in [5.41, 5.74) is 1.79. The van der Waals surface area contributed by atoms with Crippen molar-refractivity contribution in [2.24, 2.45) is 5.41 Å². The number of benzene rings is 4. The second kappa shape index (κ2) is 13.4. The lowest BCUT2D eigenvalue weighted by Gasteiger charge is -2.41. The Morgan fingerprint density at radius 3 is 1.68 bits per heavy atom. The molecule has 1 N–H and O–H groups in total. The summed E-state index contributed by atoms with van der Waals surface area (Å²) in [5, 5.41) is -4.48. The molecule has 2 unspecified atom stereocenters. The number of rotatable bonds is 11. The van der Waals surface area contributed by atoms with Crippen LogP contribution in [0.1, 0.15) is 38.8 Å². The summed E-state index contributed by atoms with van der Waals surface area (Å²) < 4.78 is 83.0. The summed E-state index contributed by atoms with van der Waals surface area (Å²) in [7, 11) is -6.31. The molecule has 5 rings (SSSR count). The van der Waals surface area contributed by atoms with Crippen LogP contribution in [0.3, 0.4) is 0 Å². The number of alkyl halides is 2. The fourth-order valence-corrected chi connectivity index (χ4v) is 7.32. The van der Waals surface area contributed by atoms with Crippen molar-refractivity contribution in [3.05, 3.63) is 115 Å². The predicted molar refractivity (Wildman–Crippen MR) is 178 cm³/mol. The Labute approximate surface area is 277 Å². The normalized spacial score (nSPS) is 17.3. The van der Waals surface area contributed by atoms with Crippen LogP contribution in [-0.2, 0) is 36.3 Å².